The van der Waals surface area contributed by atoms with E-state index >= 15 is 0 Å². The van der Waals surface area contributed by atoms with Crippen LogP contribution in [0.3, 0.4) is 0 Å². The molecular formula is C13H23BrN4. The van der Waals surface area contributed by atoms with E-state index in [4.69, 9.17) is 0 Å². The number of rotatable bonds is 7. The van der Waals surface area contributed by atoms with E-state index in [0.717, 1.165) is 36.8 Å². The largest absolute Gasteiger partial charge is 0.292 e. The zero-order valence-electron chi connectivity index (χ0n) is 11.3. The van der Waals surface area contributed by atoms with Crippen molar-refractivity contribution in [3.63, 3.8) is 0 Å². The molecule has 5 heteroatoms. The van der Waals surface area contributed by atoms with E-state index in [1.807, 2.05) is 0 Å². The molecule has 2 rings (SSSR count). The maximum absolute atomic E-state index is 4.43. The van der Waals surface area contributed by atoms with Crippen LogP contribution in [0.25, 0.3) is 0 Å². The topological polar surface area (TPSA) is 34.0 Å². The molecule has 102 valence electrons. The van der Waals surface area contributed by atoms with Crippen LogP contribution in [0.4, 0.5) is 0 Å². The van der Waals surface area contributed by atoms with Crippen LogP contribution in [-0.2, 0) is 13.1 Å². The van der Waals surface area contributed by atoms with Crippen molar-refractivity contribution in [2.45, 2.75) is 52.2 Å². The second-order valence-corrected chi connectivity index (χ2v) is 6.29. The van der Waals surface area contributed by atoms with Crippen molar-refractivity contribution < 1.29 is 0 Å². The first-order valence-electron chi connectivity index (χ1n) is 6.87. The fourth-order valence-electron chi connectivity index (χ4n) is 2.34. The van der Waals surface area contributed by atoms with Crippen LogP contribution in [0.15, 0.2) is 6.33 Å². The van der Waals surface area contributed by atoms with Gasteiger partial charge in [0.1, 0.15) is 12.2 Å². The molecule has 4 nitrogen and oxygen atoms in total. The molecule has 1 aromatic heterocycles. The molecule has 18 heavy (non-hydrogen) atoms. The first-order valence-corrected chi connectivity index (χ1v) is 7.99. The van der Waals surface area contributed by atoms with E-state index in [1.54, 1.807) is 6.33 Å². The van der Waals surface area contributed by atoms with Gasteiger partial charge in [-0.25, -0.2) is 9.67 Å². The molecule has 0 N–H and O–H groups in total. The molecule has 0 unspecified atom stereocenters. The highest BCUT2D eigenvalue weighted by Gasteiger charge is 2.25. The second kappa shape index (κ2) is 6.66. The molecule has 0 bridgehead atoms. The van der Waals surface area contributed by atoms with Gasteiger partial charge >= 0.3 is 0 Å². The first-order chi connectivity index (χ1) is 8.70. The molecule has 0 amide bonds. The Hall–Kier alpha value is -0.420. The number of halogens is 1. The standard InChI is InChI=1S/C13H23BrN4/c1-11(2)8-18-13(15-10-16-18)9-17(7-6-14)12-4-3-5-12/h10-12H,3-9H2,1-2H3. The van der Waals surface area contributed by atoms with Gasteiger partial charge in [0.2, 0.25) is 0 Å². The molecule has 1 heterocycles. The summed E-state index contributed by atoms with van der Waals surface area (Å²) in [6.45, 7) is 7.42. The van der Waals surface area contributed by atoms with E-state index in [0.29, 0.717) is 5.92 Å². The van der Waals surface area contributed by atoms with Crippen molar-refractivity contribution >= 4 is 15.9 Å². The summed E-state index contributed by atoms with van der Waals surface area (Å²) in [6.07, 6.45) is 5.74. The van der Waals surface area contributed by atoms with Gasteiger partial charge in [-0.15, -0.1) is 0 Å². The fourth-order valence-corrected chi connectivity index (χ4v) is 2.80. The van der Waals surface area contributed by atoms with Crippen LogP contribution in [-0.4, -0.2) is 37.6 Å². The van der Waals surface area contributed by atoms with Crippen molar-refractivity contribution in [2.75, 3.05) is 11.9 Å². The Morgan fingerprint density at radius 2 is 2.28 bits per heavy atom. The molecule has 0 aliphatic heterocycles. The van der Waals surface area contributed by atoms with Crippen molar-refractivity contribution in [3.8, 4) is 0 Å². The van der Waals surface area contributed by atoms with Gasteiger partial charge in [0.15, 0.2) is 0 Å². The number of hydrogen-bond donors (Lipinski definition) is 0. The lowest BCUT2D eigenvalue weighted by Crippen LogP contribution is -2.41. The molecule has 1 saturated carbocycles. The summed E-state index contributed by atoms with van der Waals surface area (Å²) in [4.78, 5) is 6.97. The van der Waals surface area contributed by atoms with E-state index < -0.39 is 0 Å². The van der Waals surface area contributed by atoms with Crippen molar-refractivity contribution in [1.29, 1.82) is 0 Å². The van der Waals surface area contributed by atoms with Crippen LogP contribution < -0.4 is 0 Å². The average Bonchev–Trinajstić information content (AvgIpc) is 2.62. The summed E-state index contributed by atoms with van der Waals surface area (Å²) in [5.41, 5.74) is 0. The third kappa shape index (κ3) is 3.54. The van der Waals surface area contributed by atoms with Crippen molar-refractivity contribution in [2.24, 2.45) is 5.92 Å². The lowest BCUT2D eigenvalue weighted by Gasteiger charge is -2.37. The summed E-state index contributed by atoms with van der Waals surface area (Å²) < 4.78 is 2.06. The molecule has 1 fully saturated rings. The Bertz CT molecular complexity index is 360. The highest BCUT2D eigenvalue weighted by Crippen LogP contribution is 2.25. The minimum Gasteiger partial charge on any atom is -0.292 e. The molecule has 0 atom stereocenters. The smallest absolute Gasteiger partial charge is 0.141 e. The molecular weight excluding hydrogens is 292 g/mol. The van der Waals surface area contributed by atoms with Gasteiger partial charge in [0.25, 0.3) is 0 Å². The van der Waals surface area contributed by atoms with Gasteiger partial charge < -0.3 is 0 Å². The molecule has 0 radical (unpaired) electrons. The quantitative estimate of drug-likeness (QED) is 0.726. The van der Waals surface area contributed by atoms with Gasteiger partial charge in [0.05, 0.1) is 6.54 Å². The Morgan fingerprint density at radius 1 is 1.50 bits per heavy atom. The normalized spacial score (nSPS) is 16.5. The van der Waals surface area contributed by atoms with Crippen LogP contribution in [0, 0.1) is 5.92 Å². The zero-order chi connectivity index (χ0) is 13.0. The zero-order valence-corrected chi connectivity index (χ0v) is 12.9. The van der Waals surface area contributed by atoms with E-state index in [9.17, 15) is 0 Å². The first kappa shape index (κ1) is 14.0. The summed E-state index contributed by atoms with van der Waals surface area (Å²) in [5, 5.41) is 5.37. The lowest BCUT2D eigenvalue weighted by atomic mass is 9.91. The summed E-state index contributed by atoms with van der Waals surface area (Å²) >= 11 is 3.55. The average molecular weight is 315 g/mol. The number of nitrogens with zero attached hydrogens (tertiary/aromatic N) is 4. The predicted octanol–water partition coefficient (Wildman–Crippen LogP) is 2.68. The van der Waals surface area contributed by atoms with Crippen molar-refractivity contribution in [3.05, 3.63) is 12.2 Å². The minimum atomic E-state index is 0.610. The maximum atomic E-state index is 4.43. The number of hydrogen-bond acceptors (Lipinski definition) is 3. The van der Waals surface area contributed by atoms with Gasteiger partial charge in [-0.2, -0.15) is 5.10 Å². The van der Waals surface area contributed by atoms with E-state index in [2.05, 4.69) is 49.4 Å². The minimum absolute atomic E-state index is 0.610. The van der Waals surface area contributed by atoms with Crippen LogP contribution in [0.5, 0.6) is 0 Å². The summed E-state index contributed by atoms with van der Waals surface area (Å²) in [7, 11) is 0. The monoisotopic (exact) mass is 314 g/mol. The molecule has 1 aliphatic rings. The molecule has 1 aliphatic carbocycles. The third-order valence-electron chi connectivity index (χ3n) is 3.54. The highest BCUT2D eigenvalue weighted by molar-refractivity contribution is 9.09. The molecule has 0 spiro atoms. The third-order valence-corrected chi connectivity index (χ3v) is 3.90. The highest BCUT2D eigenvalue weighted by atomic mass is 79.9. The Labute approximate surface area is 118 Å². The summed E-state index contributed by atoms with van der Waals surface area (Å²) in [6, 6.07) is 0.756. The predicted molar refractivity (Wildman–Crippen MR) is 76.7 cm³/mol. The van der Waals surface area contributed by atoms with Crippen molar-refractivity contribution in [1.82, 2.24) is 19.7 Å². The lowest BCUT2D eigenvalue weighted by molar-refractivity contribution is 0.122. The van der Waals surface area contributed by atoms with Gasteiger partial charge in [-0.05, 0) is 18.8 Å². The van der Waals surface area contributed by atoms with E-state index in [-0.39, 0.29) is 0 Å². The number of aromatic nitrogens is 3. The Morgan fingerprint density at radius 3 is 2.83 bits per heavy atom. The van der Waals surface area contributed by atoms with Gasteiger partial charge in [-0.3, -0.25) is 4.90 Å². The number of alkyl halides is 1. The Kier molecular flexibility index (Phi) is 5.18. The summed E-state index contributed by atoms with van der Waals surface area (Å²) in [5.74, 6) is 1.72. The SMILES string of the molecule is CC(C)Cn1ncnc1CN(CCBr)C1CCC1. The van der Waals surface area contributed by atoms with Gasteiger partial charge in [0, 0.05) is 24.5 Å². The van der Waals surface area contributed by atoms with E-state index in [1.165, 1.54) is 19.3 Å². The maximum Gasteiger partial charge on any atom is 0.141 e. The molecule has 1 aromatic rings. The Balaban J connectivity index is 1.99. The van der Waals surface area contributed by atoms with Crippen LogP contribution in [0.1, 0.15) is 38.9 Å². The van der Waals surface area contributed by atoms with Crippen LogP contribution in [0.2, 0.25) is 0 Å². The van der Waals surface area contributed by atoms with Gasteiger partial charge in [-0.1, -0.05) is 36.2 Å². The second-order valence-electron chi connectivity index (χ2n) is 5.50. The molecule has 0 aromatic carbocycles. The van der Waals surface area contributed by atoms with Crippen LogP contribution >= 0.6 is 15.9 Å². The molecule has 0 saturated heterocycles. The fraction of sp³-hybridized carbons (Fsp3) is 0.846.